The second-order valence-corrected chi connectivity index (χ2v) is 13.6. The predicted octanol–water partition coefficient (Wildman–Crippen LogP) is 12.8. The van der Waals surface area contributed by atoms with Crippen LogP contribution in [0.5, 0.6) is 0 Å². The van der Waals surface area contributed by atoms with Gasteiger partial charge in [0.05, 0.1) is 0 Å². The zero-order valence-electron chi connectivity index (χ0n) is 29.4. The van der Waals surface area contributed by atoms with Crippen LogP contribution < -0.4 is 0 Å². The lowest BCUT2D eigenvalue weighted by Gasteiger charge is -2.10. The van der Waals surface area contributed by atoms with Crippen molar-refractivity contribution < 1.29 is 4.42 Å². The summed E-state index contributed by atoms with van der Waals surface area (Å²) in [6, 6.07) is 65.6. The van der Waals surface area contributed by atoms with E-state index in [1.165, 1.54) is 27.5 Å². The number of hydrogen-bond donors (Lipinski definition) is 0. The van der Waals surface area contributed by atoms with Gasteiger partial charge in [0.1, 0.15) is 17.0 Å². The van der Waals surface area contributed by atoms with Crippen LogP contribution in [0.3, 0.4) is 0 Å². The lowest BCUT2D eigenvalue weighted by molar-refractivity contribution is 0.668. The Balaban J connectivity index is 1.02. The lowest BCUT2D eigenvalue weighted by Crippen LogP contribution is -2.04. The SMILES string of the molecule is c1ccc(-c2ccc(-c3ccc4oc5cccc(Cc6nc(-c7ccccc7)nc(-c7ccc(-c8ccc9ccccc9c8)cc7)n6)c5c4c3)cc2)cc1. The highest BCUT2D eigenvalue weighted by molar-refractivity contribution is 6.08. The molecule has 0 radical (unpaired) electrons. The van der Waals surface area contributed by atoms with Gasteiger partial charge in [0, 0.05) is 28.3 Å². The molecule has 8 aromatic carbocycles. The van der Waals surface area contributed by atoms with E-state index in [1.54, 1.807) is 0 Å². The maximum Gasteiger partial charge on any atom is 0.163 e. The van der Waals surface area contributed by atoms with Crippen LogP contribution in [0.2, 0.25) is 0 Å². The highest BCUT2D eigenvalue weighted by Gasteiger charge is 2.16. The molecule has 4 nitrogen and oxygen atoms in total. The Hall–Kier alpha value is -7.17. The Labute approximate surface area is 313 Å². The molecule has 0 N–H and O–H groups in total. The van der Waals surface area contributed by atoms with Gasteiger partial charge in [-0.25, -0.2) is 15.0 Å². The molecule has 54 heavy (non-hydrogen) atoms. The molecule has 0 atom stereocenters. The highest BCUT2D eigenvalue weighted by Crippen LogP contribution is 2.36. The topological polar surface area (TPSA) is 51.8 Å². The fourth-order valence-electron chi connectivity index (χ4n) is 7.41. The van der Waals surface area contributed by atoms with E-state index < -0.39 is 0 Å². The normalized spacial score (nSPS) is 11.4. The van der Waals surface area contributed by atoms with Crippen molar-refractivity contribution >= 4 is 32.7 Å². The summed E-state index contributed by atoms with van der Waals surface area (Å²) in [5, 5.41) is 4.62. The summed E-state index contributed by atoms with van der Waals surface area (Å²) >= 11 is 0. The minimum atomic E-state index is 0.520. The molecule has 10 aromatic rings. The van der Waals surface area contributed by atoms with Gasteiger partial charge in [0.25, 0.3) is 0 Å². The first-order chi connectivity index (χ1) is 26.7. The Bertz CT molecular complexity index is 2930. The standard InChI is InChI=1S/C50H33N3O/c1-3-10-33(11-4-1)35-18-20-37(21-19-35)42-28-29-45-44(31-42)48-43(16-9-17-46(48)54-45)32-47-51-49(38-13-5-2-6-14-38)53-50(52-47)39-25-22-36(23-26-39)41-27-24-34-12-7-8-15-40(34)30-41/h1-31H,32H2. The summed E-state index contributed by atoms with van der Waals surface area (Å²) in [4.78, 5) is 15.1. The summed E-state index contributed by atoms with van der Waals surface area (Å²) < 4.78 is 6.40. The van der Waals surface area contributed by atoms with Gasteiger partial charge in [-0.05, 0) is 74.0 Å². The van der Waals surface area contributed by atoms with Crippen LogP contribution in [-0.2, 0) is 6.42 Å². The molecule has 0 saturated carbocycles. The van der Waals surface area contributed by atoms with Crippen LogP contribution in [-0.4, -0.2) is 15.0 Å². The number of rotatable bonds is 7. The molecular weight excluding hydrogens is 659 g/mol. The number of hydrogen-bond acceptors (Lipinski definition) is 4. The van der Waals surface area contributed by atoms with E-state index in [4.69, 9.17) is 19.4 Å². The molecule has 254 valence electrons. The summed E-state index contributed by atoms with van der Waals surface area (Å²) in [5.41, 5.74) is 11.7. The van der Waals surface area contributed by atoms with Gasteiger partial charge >= 0.3 is 0 Å². The second kappa shape index (κ2) is 13.4. The quantitative estimate of drug-likeness (QED) is 0.167. The van der Waals surface area contributed by atoms with Crippen molar-refractivity contribution in [2.24, 2.45) is 0 Å². The van der Waals surface area contributed by atoms with Gasteiger partial charge in [-0.15, -0.1) is 0 Å². The molecule has 0 saturated heterocycles. The van der Waals surface area contributed by atoms with Crippen molar-refractivity contribution in [3.63, 3.8) is 0 Å². The summed E-state index contributed by atoms with van der Waals surface area (Å²) in [6.45, 7) is 0. The van der Waals surface area contributed by atoms with E-state index in [2.05, 4.69) is 146 Å². The zero-order chi connectivity index (χ0) is 35.8. The molecule has 2 heterocycles. The van der Waals surface area contributed by atoms with Crippen molar-refractivity contribution in [3.8, 4) is 56.2 Å². The van der Waals surface area contributed by atoms with Crippen LogP contribution in [0.1, 0.15) is 11.4 Å². The first-order valence-electron chi connectivity index (χ1n) is 18.2. The van der Waals surface area contributed by atoms with Gasteiger partial charge < -0.3 is 4.42 Å². The molecule has 0 bridgehead atoms. The summed E-state index contributed by atoms with van der Waals surface area (Å²) in [6.07, 6.45) is 0.520. The Kier molecular flexibility index (Phi) is 7.85. The van der Waals surface area contributed by atoms with E-state index in [0.29, 0.717) is 23.9 Å². The molecule has 4 heteroatoms. The van der Waals surface area contributed by atoms with Crippen molar-refractivity contribution in [1.29, 1.82) is 0 Å². The van der Waals surface area contributed by atoms with Crippen LogP contribution in [0.4, 0.5) is 0 Å². The molecule has 0 aliphatic carbocycles. The van der Waals surface area contributed by atoms with Gasteiger partial charge in [0.15, 0.2) is 11.6 Å². The van der Waals surface area contributed by atoms with Crippen molar-refractivity contribution in [2.75, 3.05) is 0 Å². The highest BCUT2D eigenvalue weighted by atomic mass is 16.3. The number of fused-ring (bicyclic) bond motifs is 4. The van der Waals surface area contributed by atoms with Crippen molar-refractivity contribution in [1.82, 2.24) is 15.0 Å². The minimum Gasteiger partial charge on any atom is -0.456 e. The second-order valence-electron chi connectivity index (χ2n) is 13.6. The van der Waals surface area contributed by atoms with E-state index in [9.17, 15) is 0 Å². The first kappa shape index (κ1) is 31.6. The zero-order valence-corrected chi connectivity index (χ0v) is 29.4. The monoisotopic (exact) mass is 691 g/mol. The van der Waals surface area contributed by atoms with E-state index in [1.807, 2.05) is 42.5 Å². The van der Waals surface area contributed by atoms with Gasteiger partial charge in [0.2, 0.25) is 0 Å². The molecule has 0 spiro atoms. The van der Waals surface area contributed by atoms with Crippen LogP contribution in [0, 0.1) is 0 Å². The van der Waals surface area contributed by atoms with Crippen molar-refractivity contribution in [3.05, 3.63) is 199 Å². The molecule has 0 aliphatic heterocycles. The maximum absolute atomic E-state index is 6.40. The van der Waals surface area contributed by atoms with Crippen LogP contribution >= 0.6 is 0 Å². The van der Waals surface area contributed by atoms with Gasteiger partial charge in [-0.3, -0.25) is 0 Å². The molecule has 10 rings (SSSR count). The fraction of sp³-hybridized carbons (Fsp3) is 0.0200. The van der Waals surface area contributed by atoms with Gasteiger partial charge in [-0.1, -0.05) is 164 Å². The average Bonchev–Trinajstić information content (AvgIpc) is 3.63. The number of nitrogens with zero attached hydrogens (tertiary/aromatic N) is 3. The average molecular weight is 692 g/mol. The third-order valence-corrected chi connectivity index (χ3v) is 10.2. The molecule has 0 aliphatic rings. The third kappa shape index (κ3) is 6.00. The number of aromatic nitrogens is 3. The van der Waals surface area contributed by atoms with Crippen LogP contribution in [0.15, 0.2) is 192 Å². The fourth-order valence-corrected chi connectivity index (χ4v) is 7.41. The summed E-state index contributed by atoms with van der Waals surface area (Å²) in [5.74, 6) is 2.00. The molecule has 0 unspecified atom stereocenters. The first-order valence-corrected chi connectivity index (χ1v) is 18.2. The lowest BCUT2D eigenvalue weighted by atomic mass is 9.98. The summed E-state index contributed by atoms with van der Waals surface area (Å²) in [7, 11) is 0. The predicted molar refractivity (Wildman–Crippen MR) is 221 cm³/mol. The number of benzene rings is 8. The Morgan fingerprint density at radius 1 is 0.352 bits per heavy atom. The maximum atomic E-state index is 6.40. The molecule has 2 aromatic heterocycles. The third-order valence-electron chi connectivity index (χ3n) is 10.2. The molecular formula is C50H33N3O. The van der Waals surface area contributed by atoms with Crippen molar-refractivity contribution in [2.45, 2.75) is 6.42 Å². The molecule has 0 fully saturated rings. The number of furan rings is 1. The smallest absolute Gasteiger partial charge is 0.163 e. The molecule has 0 amide bonds. The van der Waals surface area contributed by atoms with E-state index in [-0.39, 0.29) is 0 Å². The largest absolute Gasteiger partial charge is 0.456 e. The minimum absolute atomic E-state index is 0.520. The van der Waals surface area contributed by atoms with E-state index >= 15 is 0 Å². The van der Waals surface area contributed by atoms with Crippen LogP contribution in [0.25, 0.3) is 88.9 Å². The van der Waals surface area contributed by atoms with E-state index in [0.717, 1.165) is 55.3 Å². The Morgan fingerprint density at radius 2 is 0.870 bits per heavy atom. The Morgan fingerprint density at radius 3 is 1.57 bits per heavy atom. The van der Waals surface area contributed by atoms with Gasteiger partial charge in [-0.2, -0.15) is 0 Å².